The van der Waals surface area contributed by atoms with Crippen LogP contribution in [0, 0.1) is 0 Å². The summed E-state index contributed by atoms with van der Waals surface area (Å²) in [6.45, 7) is 9.26. The molecule has 0 spiro atoms. The zero-order valence-corrected chi connectivity index (χ0v) is 30.3. The Labute approximate surface area is 306 Å². The van der Waals surface area contributed by atoms with Crippen molar-refractivity contribution >= 4 is 5.91 Å². The molecule has 1 aliphatic heterocycles. The van der Waals surface area contributed by atoms with Crippen molar-refractivity contribution in [2.45, 2.75) is 77.7 Å². The minimum absolute atomic E-state index is 0.133. The topological polar surface area (TPSA) is 90.7 Å². The summed E-state index contributed by atoms with van der Waals surface area (Å²) in [4.78, 5) is 16.4. The fourth-order valence-corrected chi connectivity index (χ4v) is 7.04. The van der Waals surface area contributed by atoms with Crippen molar-refractivity contribution in [1.29, 1.82) is 0 Å². The molecule has 2 aliphatic rings. The molecule has 1 aromatic heterocycles. The number of aromatic nitrogens is 3. The van der Waals surface area contributed by atoms with E-state index >= 15 is 0 Å². The van der Waals surface area contributed by atoms with E-state index in [-0.39, 0.29) is 17.9 Å². The summed E-state index contributed by atoms with van der Waals surface area (Å²) in [5.41, 5.74) is 6.81. The molecule has 0 radical (unpaired) electrons. The van der Waals surface area contributed by atoms with Gasteiger partial charge >= 0.3 is 0 Å². The van der Waals surface area contributed by atoms with Crippen molar-refractivity contribution < 1.29 is 19.0 Å². The van der Waals surface area contributed by atoms with E-state index in [1.807, 2.05) is 54.6 Å². The fourth-order valence-electron chi connectivity index (χ4n) is 7.04. The first-order valence-electron chi connectivity index (χ1n) is 18.7. The van der Waals surface area contributed by atoms with Crippen LogP contribution in [-0.4, -0.2) is 58.1 Å². The quantitative estimate of drug-likeness (QED) is 0.133. The highest BCUT2D eigenvalue weighted by Gasteiger charge is 2.28. The summed E-state index contributed by atoms with van der Waals surface area (Å²) in [6.07, 6.45) is 5.40. The van der Waals surface area contributed by atoms with Crippen molar-refractivity contribution in [3.05, 3.63) is 125 Å². The lowest BCUT2D eigenvalue weighted by molar-refractivity contribution is 0.0342. The van der Waals surface area contributed by atoms with Crippen molar-refractivity contribution in [2.75, 3.05) is 26.3 Å². The van der Waals surface area contributed by atoms with Gasteiger partial charge in [0.1, 0.15) is 36.1 Å². The minimum Gasteiger partial charge on any atom is -0.488 e. The molecule has 9 nitrogen and oxygen atoms in total. The molecule has 1 saturated heterocycles. The number of hydrogen-bond acceptors (Lipinski definition) is 7. The number of benzene rings is 4. The summed E-state index contributed by atoms with van der Waals surface area (Å²) < 4.78 is 20.4. The average Bonchev–Trinajstić information content (AvgIpc) is 3.63. The molecule has 2 fully saturated rings. The number of rotatable bonds is 13. The van der Waals surface area contributed by atoms with Gasteiger partial charge in [-0.15, -0.1) is 5.10 Å². The van der Waals surface area contributed by atoms with Crippen LogP contribution in [0.15, 0.2) is 97.1 Å². The second-order valence-electron chi connectivity index (χ2n) is 14.2. The van der Waals surface area contributed by atoms with E-state index in [9.17, 15) is 4.79 Å². The van der Waals surface area contributed by atoms with Gasteiger partial charge < -0.3 is 19.5 Å². The molecule has 1 aliphatic carbocycles. The van der Waals surface area contributed by atoms with Crippen LogP contribution in [0.25, 0.3) is 16.9 Å². The summed E-state index contributed by atoms with van der Waals surface area (Å²) in [7, 11) is 0. The molecule has 4 aromatic carbocycles. The first kappa shape index (κ1) is 35.4. The highest BCUT2D eigenvalue weighted by Crippen LogP contribution is 2.39. The number of morpholine rings is 1. The van der Waals surface area contributed by atoms with Crippen LogP contribution < -0.4 is 14.8 Å². The predicted molar refractivity (Wildman–Crippen MR) is 203 cm³/mol. The van der Waals surface area contributed by atoms with Gasteiger partial charge in [-0.25, -0.2) is 4.68 Å². The van der Waals surface area contributed by atoms with E-state index in [1.54, 1.807) is 4.68 Å². The fraction of sp³-hybridized carbons (Fsp3) is 0.372. The van der Waals surface area contributed by atoms with Crippen LogP contribution in [-0.2, 0) is 24.5 Å². The number of nitrogens with one attached hydrogen (secondary N) is 1. The minimum atomic E-state index is -0.204. The predicted octanol–water partition coefficient (Wildman–Crippen LogP) is 8.11. The van der Waals surface area contributed by atoms with Gasteiger partial charge in [0, 0.05) is 37.3 Å². The normalized spacial score (nSPS) is 15.4. The second kappa shape index (κ2) is 17.0. The van der Waals surface area contributed by atoms with Gasteiger partial charge in [0.25, 0.3) is 5.91 Å². The van der Waals surface area contributed by atoms with E-state index in [1.165, 1.54) is 12.0 Å². The zero-order valence-electron chi connectivity index (χ0n) is 30.3. The molecule has 270 valence electrons. The summed E-state index contributed by atoms with van der Waals surface area (Å²) >= 11 is 0. The Morgan fingerprint density at radius 1 is 0.808 bits per heavy atom. The number of hydrogen-bond donors (Lipinski definition) is 1. The largest absolute Gasteiger partial charge is 0.488 e. The van der Waals surface area contributed by atoms with Gasteiger partial charge in [0.2, 0.25) is 0 Å². The molecular formula is C43H49N5O4. The molecular weight excluding hydrogens is 651 g/mol. The Morgan fingerprint density at radius 3 is 2.08 bits per heavy atom. The molecule has 1 N–H and O–H groups in total. The van der Waals surface area contributed by atoms with Crippen LogP contribution in [0.2, 0.25) is 0 Å². The summed E-state index contributed by atoms with van der Waals surface area (Å²) in [5.74, 6) is 1.26. The Bertz CT molecular complexity index is 1900. The van der Waals surface area contributed by atoms with Crippen molar-refractivity contribution in [1.82, 2.24) is 25.2 Å². The molecule has 0 unspecified atom stereocenters. The Kier molecular flexibility index (Phi) is 11.6. The van der Waals surface area contributed by atoms with Crippen molar-refractivity contribution in [2.24, 2.45) is 0 Å². The standard InChI is InChI=1S/C43H49N5O4/c1-31(2)37-26-38(40(52-30-34-14-8-4-9-15-34)27-39(37)51-29-33-12-6-3-7-13-33)48-42(41(45-46-48)43(49)44-36-16-10-5-11-17-36)35-20-18-32(19-21-35)28-47-22-24-50-25-23-47/h3-4,6-9,12-15,18-21,26-27,31,36H,5,10-11,16-17,22-25,28-30H2,1-2H3,(H,44,49). The lowest BCUT2D eigenvalue weighted by Gasteiger charge is -2.26. The number of nitrogens with zero attached hydrogens (tertiary/aromatic N) is 4. The number of amides is 1. The molecule has 9 heteroatoms. The van der Waals surface area contributed by atoms with Gasteiger partial charge in [-0.1, -0.05) is 123 Å². The van der Waals surface area contributed by atoms with E-state index in [0.717, 1.165) is 86.5 Å². The molecule has 1 saturated carbocycles. The maximum atomic E-state index is 14.0. The molecule has 5 aromatic rings. The van der Waals surface area contributed by atoms with Crippen LogP contribution >= 0.6 is 0 Å². The third-order valence-electron chi connectivity index (χ3n) is 9.98. The second-order valence-corrected chi connectivity index (χ2v) is 14.2. The molecule has 52 heavy (non-hydrogen) atoms. The SMILES string of the molecule is CC(C)c1cc(-n2nnc(C(=O)NC3CCCCC3)c2-c2ccc(CN3CCOCC3)cc2)c(OCc2ccccc2)cc1OCc1ccccc1. The highest BCUT2D eigenvalue weighted by molar-refractivity contribution is 5.98. The average molecular weight is 700 g/mol. The highest BCUT2D eigenvalue weighted by atomic mass is 16.5. The monoisotopic (exact) mass is 699 g/mol. The third-order valence-corrected chi connectivity index (χ3v) is 9.98. The van der Waals surface area contributed by atoms with Crippen molar-refractivity contribution in [3.63, 3.8) is 0 Å². The lowest BCUT2D eigenvalue weighted by Crippen LogP contribution is -2.36. The molecule has 2 heterocycles. The van der Waals surface area contributed by atoms with Gasteiger partial charge in [0.05, 0.1) is 13.2 Å². The molecule has 0 atom stereocenters. The Morgan fingerprint density at radius 2 is 1.44 bits per heavy atom. The van der Waals surface area contributed by atoms with E-state index < -0.39 is 0 Å². The molecule has 7 rings (SSSR count). The van der Waals surface area contributed by atoms with Crippen LogP contribution in [0.3, 0.4) is 0 Å². The maximum Gasteiger partial charge on any atom is 0.274 e. The lowest BCUT2D eigenvalue weighted by atomic mass is 9.95. The van der Waals surface area contributed by atoms with E-state index in [4.69, 9.17) is 19.4 Å². The molecule has 1 amide bonds. The first-order valence-corrected chi connectivity index (χ1v) is 18.7. The smallest absolute Gasteiger partial charge is 0.274 e. The number of carbonyl (C=O) groups is 1. The summed E-state index contributed by atoms with van der Waals surface area (Å²) in [6, 6.07) is 32.9. The van der Waals surface area contributed by atoms with E-state index in [2.05, 4.69) is 71.6 Å². The third kappa shape index (κ3) is 8.72. The van der Waals surface area contributed by atoms with Crippen LogP contribution in [0.4, 0.5) is 0 Å². The number of carbonyl (C=O) groups excluding carboxylic acids is 1. The van der Waals surface area contributed by atoms with Gasteiger partial charge in [-0.2, -0.15) is 0 Å². The van der Waals surface area contributed by atoms with Crippen molar-refractivity contribution in [3.8, 4) is 28.4 Å². The van der Waals surface area contributed by atoms with E-state index in [0.29, 0.717) is 36.0 Å². The van der Waals surface area contributed by atoms with Crippen LogP contribution in [0.1, 0.15) is 84.6 Å². The summed E-state index contributed by atoms with van der Waals surface area (Å²) in [5, 5.41) is 12.6. The Balaban J connectivity index is 1.30. The first-order chi connectivity index (χ1) is 25.5. The van der Waals surface area contributed by atoms with Gasteiger partial charge in [-0.3, -0.25) is 9.69 Å². The zero-order chi connectivity index (χ0) is 35.7. The maximum absolute atomic E-state index is 14.0. The van der Waals surface area contributed by atoms with Gasteiger partial charge in [0.15, 0.2) is 5.69 Å². The van der Waals surface area contributed by atoms with Crippen LogP contribution in [0.5, 0.6) is 11.5 Å². The number of ether oxygens (including phenoxy) is 3. The van der Waals surface area contributed by atoms with Gasteiger partial charge in [-0.05, 0) is 47.1 Å². The molecule has 0 bridgehead atoms. The Hall–Kier alpha value is -4.99.